The molecule has 1 heterocycles. The molecule has 4 nitrogen and oxygen atoms in total. The first-order valence-corrected chi connectivity index (χ1v) is 6.19. The molecule has 1 rings (SSSR count). The summed E-state index contributed by atoms with van der Waals surface area (Å²) in [6.07, 6.45) is 0. The van der Waals surface area contributed by atoms with Crippen LogP contribution in [0, 0.1) is 0 Å². The molecule has 0 aliphatic heterocycles. The molecule has 88 valence electrons. The second-order valence-corrected chi connectivity index (χ2v) is 6.48. The van der Waals surface area contributed by atoms with Crippen LogP contribution in [0.5, 0.6) is 0 Å². The maximum absolute atomic E-state index is 11.7. The molecule has 0 aliphatic rings. The van der Waals surface area contributed by atoms with Gasteiger partial charge in [0.1, 0.15) is 4.88 Å². The van der Waals surface area contributed by atoms with Gasteiger partial charge in [0.25, 0.3) is 0 Å². The first-order valence-electron chi connectivity index (χ1n) is 4.52. The van der Waals surface area contributed by atoms with Crippen LogP contribution in [0.4, 0.5) is 5.69 Å². The molecule has 0 fully saturated rings. The Morgan fingerprint density at radius 3 is 2.62 bits per heavy atom. The lowest BCUT2D eigenvalue weighted by molar-refractivity contribution is -0.117. The van der Waals surface area contributed by atoms with Gasteiger partial charge < -0.3 is 10.1 Å². The van der Waals surface area contributed by atoms with Crippen LogP contribution in [0.1, 0.15) is 23.5 Å². The number of carbonyl (C=O) groups is 2. The summed E-state index contributed by atoms with van der Waals surface area (Å²) in [4.78, 5) is 23.4. The second kappa shape index (κ2) is 4.97. The van der Waals surface area contributed by atoms with E-state index in [1.807, 2.05) is 0 Å². The smallest absolute Gasteiger partial charge is 0.350 e. The Hall–Kier alpha value is -0.880. The van der Waals surface area contributed by atoms with Gasteiger partial charge in [0.2, 0.25) is 5.91 Å². The average Bonchev–Trinajstić information content (AvgIpc) is 2.63. The van der Waals surface area contributed by atoms with Gasteiger partial charge in [0, 0.05) is 0 Å². The summed E-state index contributed by atoms with van der Waals surface area (Å²) < 4.78 is 3.93. The molecule has 1 N–H and O–H groups in total. The number of halogens is 1. The lowest BCUT2D eigenvalue weighted by atomic mass is 10.2. The van der Waals surface area contributed by atoms with E-state index in [2.05, 4.69) is 26.0 Å². The van der Waals surface area contributed by atoms with Gasteiger partial charge in [-0.05, 0) is 25.3 Å². The second-order valence-electron chi connectivity index (χ2n) is 3.58. The number of hydrogen-bond donors (Lipinski definition) is 1. The van der Waals surface area contributed by atoms with Crippen molar-refractivity contribution in [2.45, 2.75) is 18.2 Å². The van der Waals surface area contributed by atoms with Crippen molar-refractivity contribution < 1.29 is 14.3 Å². The highest BCUT2D eigenvalue weighted by atomic mass is 79.9. The van der Waals surface area contributed by atoms with Crippen molar-refractivity contribution in [3.05, 3.63) is 16.3 Å². The Kier molecular flexibility index (Phi) is 4.09. The number of alkyl halides is 1. The minimum Gasteiger partial charge on any atom is -0.465 e. The van der Waals surface area contributed by atoms with Gasteiger partial charge >= 0.3 is 5.97 Å². The third kappa shape index (κ3) is 3.05. The van der Waals surface area contributed by atoms with E-state index in [1.54, 1.807) is 25.3 Å². The topological polar surface area (TPSA) is 55.4 Å². The van der Waals surface area contributed by atoms with Gasteiger partial charge in [-0.1, -0.05) is 15.9 Å². The summed E-state index contributed by atoms with van der Waals surface area (Å²) >= 11 is 4.47. The molecule has 0 atom stereocenters. The lowest BCUT2D eigenvalue weighted by Gasteiger charge is -2.15. The number of carbonyl (C=O) groups excluding carboxylic acids is 2. The number of hydrogen-bond acceptors (Lipinski definition) is 4. The maximum atomic E-state index is 11.7. The fourth-order valence-corrected chi connectivity index (χ4v) is 1.79. The molecular weight excluding hydrogens is 294 g/mol. The average molecular weight is 306 g/mol. The monoisotopic (exact) mass is 305 g/mol. The number of ether oxygens (including phenoxy) is 1. The van der Waals surface area contributed by atoms with Crippen molar-refractivity contribution in [2.24, 2.45) is 0 Å². The Bertz CT molecular complexity index is 408. The van der Waals surface area contributed by atoms with Gasteiger partial charge in [-0.3, -0.25) is 4.79 Å². The Labute approximate surface area is 106 Å². The highest BCUT2D eigenvalue weighted by Crippen LogP contribution is 2.25. The van der Waals surface area contributed by atoms with Gasteiger partial charge in [-0.15, -0.1) is 11.3 Å². The molecule has 0 radical (unpaired) electrons. The molecule has 1 amide bonds. The van der Waals surface area contributed by atoms with Crippen LogP contribution in [-0.2, 0) is 9.53 Å². The fraction of sp³-hybridized carbons (Fsp3) is 0.400. The molecule has 0 spiro atoms. The summed E-state index contributed by atoms with van der Waals surface area (Å²) in [5.41, 5.74) is 0.481. The largest absolute Gasteiger partial charge is 0.465 e. The summed E-state index contributed by atoms with van der Waals surface area (Å²) in [6, 6.07) is 1.67. The molecule has 0 saturated carbocycles. The molecular formula is C10H12BrNO3S. The quantitative estimate of drug-likeness (QED) is 0.690. The van der Waals surface area contributed by atoms with Crippen LogP contribution in [0.15, 0.2) is 11.4 Å². The van der Waals surface area contributed by atoms with Gasteiger partial charge in [0.05, 0.1) is 17.1 Å². The molecule has 0 saturated heterocycles. The molecule has 1 aromatic rings. The molecule has 6 heteroatoms. The summed E-state index contributed by atoms with van der Waals surface area (Å²) in [5, 5.41) is 4.39. The van der Waals surface area contributed by atoms with Gasteiger partial charge in [-0.2, -0.15) is 0 Å². The molecule has 1 aromatic heterocycles. The molecule has 0 aliphatic carbocycles. The molecule has 0 unspecified atom stereocenters. The van der Waals surface area contributed by atoms with E-state index in [4.69, 9.17) is 0 Å². The molecule has 0 bridgehead atoms. The predicted molar refractivity (Wildman–Crippen MR) is 67.3 cm³/mol. The fourth-order valence-electron chi connectivity index (χ4n) is 0.929. The minimum absolute atomic E-state index is 0.212. The van der Waals surface area contributed by atoms with Crippen molar-refractivity contribution in [3.63, 3.8) is 0 Å². The van der Waals surface area contributed by atoms with Crippen LogP contribution < -0.4 is 5.32 Å². The minimum atomic E-state index is -0.678. The molecule has 16 heavy (non-hydrogen) atoms. The lowest BCUT2D eigenvalue weighted by Crippen LogP contribution is -2.31. The van der Waals surface area contributed by atoms with E-state index in [0.29, 0.717) is 10.6 Å². The van der Waals surface area contributed by atoms with E-state index < -0.39 is 10.3 Å². The number of methoxy groups -OCH3 is 1. The standard InChI is InChI=1S/C10H12BrNO3S/c1-10(2,11)9(14)12-6-4-5-16-7(6)8(13)15-3/h4-5H,1-3H3,(H,12,14). The Morgan fingerprint density at radius 2 is 2.12 bits per heavy atom. The van der Waals surface area contributed by atoms with E-state index in [9.17, 15) is 9.59 Å². The van der Waals surface area contributed by atoms with Crippen molar-refractivity contribution in [2.75, 3.05) is 12.4 Å². The zero-order valence-electron chi connectivity index (χ0n) is 9.17. The Balaban J connectivity index is 2.87. The first-order chi connectivity index (χ1) is 7.36. The van der Waals surface area contributed by atoms with Crippen molar-refractivity contribution >= 4 is 44.8 Å². The number of esters is 1. The molecule has 0 aromatic carbocycles. The van der Waals surface area contributed by atoms with Crippen molar-refractivity contribution in [3.8, 4) is 0 Å². The van der Waals surface area contributed by atoms with Crippen LogP contribution in [-0.4, -0.2) is 23.3 Å². The number of amides is 1. The SMILES string of the molecule is COC(=O)c1sccc1NC(=O)C(C)(C)Br. The number of thiophene rings is 1. The van der Waals surface area contributed by atoms with E-state index in [0.717, 1.165) is 0 Å². The first kappa shape index (κ1) is 13.2. The van der Waals surface area contributed by atoms with E-state index >= 15 is 0 Å². The van der Waals surface area contributed by atoms with Crippen LogP contribution in [0.2, 0.25) is 0 Å². The van der Waals surface area contributed by atoms with Crippen molar-refractivity contribution in [1.82, 2.24) is 0 Å². The van der Waals surface area contributed by atoms with Gasteiger partial charge in [0.15, 0.2) is 0 Å². The highest BCUT2D eigenvalue weighted by molar-refractivity contribution is 9.10. The van der Waals surface area contributed by atoms with E-state index in [1.165, 1.54) is 18.4 Å². The third-order valence-corrected chi connectivity index (χ3v) is 3.08. The van der Waals surface area contributed by atoms with Crippen LogP contribution in [0.25, 0.3) is 0 Å². The van der Waals surface area contributed by atoms with E-state index in [-0.39, 0.29) is 5.91 Å². The summed E-state index contributed by atoms with van der Waals surface area (Å²) in [6.45, 7) is 3.46. The van der Waals surface area contributed by atoms with Gasteiger partial charge in [-0.25, -0.2) is 4.79 Å². The number of anilines is 1. The zero-order chi connectivity index (χ0) is 12.3. The van der Waals surface area contributed by atoms with Crippen molar-refractivity contribution in [1.29, 1.82) is 0 Å². The predicted octanol–water partition coefficient (Wildman–Crippen LogP) is 2.65. The normalized spacial score (nSPS) is 11.0. The Morgan fingerprint density at radius 1 is 1.50 bits per heavy atom. The highest BCUT2D eigenvalue weighted by Gasteiger charge is 2.25. The summed E-state index contributed by atoms with van der Waals surface area (Å²) in [7, 11) is 1.31. The third-order valence-electron chi connectivity index (χ3n) is 1.82. The maximum Gasteiger partial charge on any atom is 0.350 e. The van der Waals surface area contributed by atoms with Crippen LogP contribution in [0.3, 0.4) is 0 Å². The summed E-state index contributed by atoms with van der Waals surface area (Å²) in [5.74, 6) is -0.659. The zero-order valence-corrected chi connectivity index (χ0v) is 11.6. The van der Waals surface area contributed by atoms with Crippen LogP contribution >= 0.6 is 27.3 Å². The number of rotatable bonds is 3. The number of nitrogens with one attached hydrogen (secondary N) is 1.